The summed E-state index contributed by atoms with van der Waals surface area (Å²) in [6, 6.07) is 12.1. The zero-order valence-corrected chi connectivity index (χ0v) is 21.5. The largest absolute Gasteiger partial charge is 0.379 e. The number of hydrogen-bond donors (Lipinski definition) is 2. The molecule has 9 heteroatoms. The van der Waals surface area contributed by atoms with E-state index in [1.807, 2.05) is 42.7 Å². The first-order valence-electron chi connectivity index (χ1n) is 13.4. The number of benzene rings is 1. The van der Waals surface area contributed by atoms with Gasteiger partial charge in [-0.25, -0.2) is 0 Å². The van der Waals surface area contributed by atoms with E-state index < -0.39 is 0 Å². The third kappa shape index (κ3) is 5.75. The number of pyridine rings is 2. The van der Waals surface area contributed by atoms with Gasteiger partial charge in [0.1, 0.15) is 0 Å². The van der Waals surface area contributed by atoms with E-state index in [9.17, 15) is 4.79 Å². The Morgan fingerprint density at radius 2 is 1.74 bits per heavy atom. The average Bonchev–Trinajstić information content (AvgIpc) is 3.39. The van der Waals surface area contributed by atoms with Crippen molar-refractivity contribution in [2.45, 2.75) is 32.4 Å². The molecule has 196 valence electrons. The van der Waals surface area contributed by atoms with Crippen molar-refractivity contribution in [1.29, 1.82) is 0 Å². The normalized spacial score (nSPS) is 17.1. The highest BCUT2D eigenvalue weighted by molar-refractivity contribution is 6.11. The smallest absolute Gasteiger partial charge is 0.276 e. The molecule has 0 aliphatic carbocycles. The molecule has 0 radical (unpaired) electrons. The van der Waals surface area contributed by atoms with Crippen molar-refractivity contribution < 1.29 is 9.53 Å². The van der Waals surface area contributed by atoms with Gasteiger partial charge in [0, 0.05) is 49.5 Å². The van der Waals surface area contributed by atoms with E-state index >= 15 is 0 Å². The maximum Gasteiger partial charge on any atom is 0.276 e. The van der Waals surface area contributed by atoms with Crippen LogP contribution in [0.3, 0.4) is 0 Å². The number of fused-ring (bicyclic) bond motifs is 1. The van der Waals surface area contributed by atoms with Gasteiger partial charge in [-0.15, -0.1) is 0 Å². The molecule has 0 bridgehead atoms. The number of rotatable bonds is 7. The summed E-state index contributed by atoms with van der Waals surface area (Å²) < 4.78 is 5.41. The fourth-order valence-corrected chi connectivity index (χ4v) is 5.24. The Labute approximate surface area is 222 Å². The number of amides is 1. The highest BCUT2D eigenvalue weighted by atomic mass is 16.5. The van der Waals surface area contributed by atoms with Crippen LogP contribution in [0.15, 0.2) is 55.0 Å². The number of hydrogen-bond acceptors (Lipinski definition) is 7. The van der Waals surface area contributed by atoms with Gasteiger partial charge < -0.3 is 10.1 Å². The molecular weight excluding hydrogens is 478 g/mol. The number of anilines is 1. The van der Waals surface area contributed by atoms with Crippen LogP contribution in [0.25, 0.3) is 22.0 Å². The predicted octanol–water partition coefficient (Wildman–Crippen LogP) is 4.09. The summed E-state index contributed by atoms with van der Waals surface area (Å²) in [6.45, 7) is 7.33. The van der Waals surface area contributed by atoms with E-state index in [1.54, 1.807) is 6.20 Å². The zero-order valence-electron chi connectivity index (χ0n) is 21.5. The fourth-order valence-electron chi connectivity index (χ4n) is 5.24. The summed E-state index contributed by atoms with van der Waals surface area (Å²) in [5, 5.41) is 11.0. The topological polar surface area (TPSA) is 99.3 Å². The Morgan fingerprint density at radius 1 is 0.895 bits per heavy atom. The third-order valence-electron chi connectivity index (χ3n) is 7.33. The number of carbonyl (C=O) groups excluding carboxylic acids is 1. The molecular formula is C29H33N7O2. The summed E-state index contributed by atoms with van der Waals surface area (Å²) in [6.07, 6.45) is 9.39. The lowest BCUT2D eigenvalue weighted by molar-refractivity contribution is 0.0336. The maximum absolute atomic E-state index is 13.2. The molecule has 3 aromatic heterocycles. The number of aromatic nitrogens is 4. The summed E-state index contributed by atoms with van der Waals surface area (Å²) in [5.41, 5.74) is 6.04. The summed E-state index contributed by atoms with van der Waals surface area (Å²) in [7, 11) is 0. The van der Waals surface area contributed by atoms with Crippen molar-refractivity contribution >= 4 is 22.5 Å². The summed E-state index contributed by atoms with van der Waals surface area (Å²) in [4.78, 5) is 27.0. The van der Waals surface area contributed by atoms with Crippen molar-refractivity contribution in [1.82, 2.24) is 30.0 Å². The van der Waals surface area contributed by atoms with Gasteiger partial charge in [0.05, 0.1) is 36.3 Å². The molecule has 1 amide bonds. The van der Waals surface area contributed by atoms with Crippen LogP contribution in [0.2, 0.25) is 0 Å². The molecule has 4 aromatic rings. The maximum atomic E-state index is 13.2. The number of ether oxygens (including phenoxy) is 1. The SMILES string of the molecule is O=C(Nc1ccc(CN2CCOCC2)nc1)c1n[nH]c2ccc(-c3cncc(CN4CCCCC4)c3)cc12. The number of aromatic amines is 1. The Hall–Kier alpha value is -3.66. The quantitative estimate of drug-likeness (QED) is 0.386. The molecule has 0 spiro atoms. The molecule has 2 aliphatic heterocycles. The van der Waals surface area contributed by atoms with Crippen LogP contribution in [-0.2, 0) is 17.8 Å². The first kappa shape index (κ1) is 24.7. The number of nitrogens with zero attached hydrogens (tertiary/aromatic N) is 5. The molecule has 0 saturated carbocycles. The average molecular weight is 512 g/mol. The number of piperidine rings is 1. The molecule has 2 fully saturated rings. The zero-order chi connectivity index (χ0) is 25.7. The van der Waals surface area contributed by atoms with E-state index in [1.165, 1.54) is 24.8 Å². The molecule has 1 aromatic carbocycles. The second-order valence-electron chi connectivity index (χ2n) is 10.1. The van der Waals surface area contributed by atoms with Crippen molar-refractivity contribution in [2.75, 3.05) is 44.7 Å². The molecule has 6 rings (SSSR count). The van der Waals surface area contributed by atoms with E-state index in [4.69, 9.17) is 4.74 Å². The minimum atomic E-state index is -0.270. The van der Waals surface area contributed by atoms with Crippen LogP contribution < -0.4 is 5.32 Å². The highest BCUT2D eigenvalue weighted by Crippen LogP contribution is 2.27. The number of morpholine rings is 1. The number of carbonyl (C=O) groups is 1. The number of likely N-dealkylation sites (tertiary alicyclic amines) is 1. The predicted molar refractivity (Wildman–Crippen MR) is 147 cm³/mol. The fraction of sp³-hybridized carbons (Fsp3) is 0.379. The van der Waals surface area contributed by atoms with Crippen molar-refractivity contribution in [3.63, 3.8) is 0 Å². The van der Waals surface area contributed by atoms with Crippen molar-refractivity contribution in [3.8, 4) is 11.1 Å². The first-order valence-corrected chi connectivity index (χ1v) is 13.4. The summed E-state index contributed by atoms with van der Waals surface area (Å²) in [5.74, 6) is -0.270. The van der Waals surface area contributed by atoms with Gasteiger partial charge >= 0.3 is 0 Å². The molecule has 2 aliphatic rings. The second-order valence-corrected chi connectivity index (χ2v) is 10.1. The Kier molecular flexibility index (Phi) is 7.39. The van der Waals surface area contributed by atoms with Crippen molar-refractivity contribution in [3.05, 3.63) is 71.9 Å². The lowest BCUT2D eigenvalue weighted by Gasteiger charge is -2.26. The van der Waals surface area contributed by atoms with Gasteiger partial charge in [-0.1, -0.05) is 12.5 Å². The monoisotopic (exact) mass is 511 g/mol. The molecule has 0 unspecified atom stereocenters. The molecule has 5 heterocycles. The van der Waals surface area contributed by atoms with Gasteiger partial charge in [-0.2, -0.15) is 5.10 Å². The van der Waals surface area contributed by atoms with Gasteiger partial charge in [0.2, 0.25) is 0 Å². The first-order chi connectivity index (χ1) is 18.7. The number of H-pyrrole nitrogens is 1. The standard InChI is InChI=1S/C29H33N7O2/c37-29(32-24-5-6-25(31-18-24)20-36-10-12-38-13-11-36)28-26-15-22(4-7-27(26)33-34-28)23-14-21(16-30-17-23)19-35-8-2-1-3-9-35/h4-7,14-18H,1-3,8-13,19-20H2,(H,32,37)(H,33,34). The van der Waals surface area contributed by atoms with E-state index in [-0.39, 0.29) is 5.91 Å². The van der Waals surface area contributed by atoms with E-state index in [0.29, 0.717) is 11.4 Å². The highest BCUT2D eigenvalue weighted by Gasteiger charge is 2.17. The molecule has 38 heavy (non-hydrogen) atoms. The molecule has 2 saturated heterocycles. The Bertz CT molecular complexity index is 1390. The number of nitrogens with one attached hydrogen (secondary N) is 2. The summed E-state index contributed by atoms with van der Waals surface area (Å²) >= 11 is 0. The van der Waals surface area contributed by atoms with Gasteiger partial charge in [0.15, 0.2) is 5.69 Å². The lowest BCUT2D eigenvalue weighted by Crippen LogP contribution is -2.35. The van der Waals surface area contributed by atoms with Crippen LogP contribution in [0.4, 0.5) is 5.69 Å². The van der Waals surface area contributed by atoms with Crippen LogP contribution in [-0.4, -0.2) is 75.3 Å². The van der Waals surface area contributed by atoms with Crippen LogP contribution in [0, 0.1) is 0 Å². The Balaban J connectivity index is 1.16. The van der Waals surface area contributed by atoms with Crippen LogP contribution in [0.5, 0.6) is 0 Å². The van der Waals surface area contributed by atoms with Gasteiger partial charge in [-0.3, -0.25) is 29.7 Å². The third-order valence-corrected chi connectivity index (χ3v) is 7.33. The van der Waals surface area contributed by atoms with Crippen LogP contribution in [0.1, 0.15) is 41.0 Å². The van der Waals surface area contributed by atoms with E-state index in [2.05, 4.69) is 41.3 Å². The lowest BCUT2D eigenvalue weighted by atomic mass is 10.0. The van der Waals surface area contributed by atoms with Gasteiger partial charge in [0.25, 0.3) is 5.91 Å². The van der Waals surface area contributed by atoms with Crippen molar-refractivity contribution in [2.24, 2.45) is 0 Å². The minimum absolute atomic E-state index is 0.270. The van der Waals surface area contributed by atoms with E-state index in [0.717, 1.165) is 80.2 Å². The second kappa shape index (κ2) is 11.4. The van der Waals surface area contributed by atoms with Gasteiger partial charge in [-0.05, 0) is 67.4 Å². The minimum Gasteiger partial charge on any atom is -0.379 e. The molecule has 9 nitrogen and oxygen atoms in total. The Morgan fingerprint density at radius 3 is 2.55 bits per heavy atom. The molecule has 2 N–H and O–H groups in total. The van der Waals surface area contributed by atoms with Crippen LogP contribution >= 0.6 is 0 Å². The molecule has 0 atom stereocenters.